The van der Waals surface area contributed by atoms with Gasteiger partial charge in [0.2, 0.25) is 0 Å². The van der Waals surface area contributed by atoms with Gasteiger partial charge < -0.3 is 33.8 Å². The molecule has 0 heterocycles. The summed E-state index contributed by atoms with van der Waals surface area (Å²) < 4.78 is 68.5. The molecule has 0 rings (SSSR count). The van der Waals surface area contributed by atoms with Crippen molar-refractivity contribution in [3.8, 4) is 0 Å². The maximum atomic E-state index is 13.1. The molecule has 108 heavy (non-hydrogen) atoms. The predicted octanol–water partition coefficient (Wildman–Crippen LogP) is 23.7. The van der Waals surface area contributed by atoms with E-state index in [0.29, 0.717) is 32.1 Å². The van der Waals surface area contributed by atoms with E-state index in [-0.39, 0.29) is 25.7 Å². The van der Waals surface area contributed by atoms with Crippen molar-refractivity contribution in [3.05, 3.63) is 219 Å². The third-order valence-electron chi connectivity index (χ3n) is 15.4. The van der Waals surface area contributed by atoms with E-state index in [9.17, 15) is 43.2 Å². The lowest BCUT2D eigenvalue weighted by atomic mass is 10.1. The van der Waals surface area contributed by atoms with Gasteiger partial charge in [-0.05, 0) is 180 Å². The van der Waals surface area contributed by atoms with Crippen molar-refractivity contribution < 1.29 is 80.2 Å². The van der Waals surface area contributed by atoms with Gasteiger partial charge in [0.05, 0.1) is 26.4 Å². The minimum absolute atomic E-state index is 0.0175. The first-order valence-corrected chi connectivity index (χ1v) is 43.0. The minimum atomic E-state index is -5.02. The topological polar surface area (TPSA) is 237 Å². The normalized spacial score (nSPS) is 15.0. The summed E-state index contributed by atoms with van der Waals surface area (Å²) in [7, 11) is -10.0. The van der Waals surface area contributed by atoms with E-state index < -0.39 is 97.5 Å². The smallest absolute Gasteiger partial charge is 0.462 e. The highest BCUT2D eigenvalue weighted by molar-refractivity contribution is 7.47. The van der Waals surface area contributed by atoms with Gasteiger partial charge >= 0.3 is 39.5 Å². The average Bonchev–Trinajstić information content (AvgIpc) is 0.896. The lowest BCUT2D eigenvalue weighted by Crippen LogP contribution is -2.30. The van der Waals surface area contributed by atoms with Crippen LogP contribution in [0.3, 0.4) is 0 Å². The van der Waals surface area contributed by atoms with Crippen molar-refractivity contribution >= 4 is 39.5 Å². The van der Waals surface area contributed by atoms with Gasteiger partial charge in [0.1, 0.15) is 19.3 Å². The number of ether oxygens (including phenoxy) is 4. The van der Waals surface area contributed by atoms with Crippen molar-refractivity contribution in [2.75, 3.05) is 39.6 Å². The predicted molar refractivity (Wildman–Crippen MR) is 445 cm³/mol. The van der Waals surface area contributed by atoms with Crippen LogP contribution in [0.1, 0.15) is 259 Å². The zero-order valence-electron chi connectivity index (χ0n) is 66.2. The molecule has 606 valence electrons. The van der Waals surface area contributed by atoms with Gasteiger partial charge in [0.25, 0.3) is 0 Å². The van der Waals surface area contributed by atoms with Crippen LogP contribution in [0.2, 0.25) is 0 Å². The van der Waals surface area contributed by atoms with Gasteiger partial charge in [-0.2, -0.15) is 0 Å². The molecular weight excluding hydrogens is 1400 g/mol. The molecule has 17 nitrogen and oxygen atoms in total. The van der Waals surface area contributed by atoms with Gasteiger partial charge in [-0.25, -0.2) is 9.13 Å². The summed E-state index contributed by atoms with van der Waals surface area (Å²) in [5, 5.41) is 10.6. The molecule has 0 aliphatic carbocycles. The average molecular weight is 1540 g/mol. The Morgan fingerprint density at radius 2 is 0.472 bits per heavy atom. The fourth-order valence-corrected chi connectivity index (χ4v) is 11.1. The van der Waals surface area contributed by atoms with Crippen LogP contribution in [-0.4, -0.2) is 96.7 Å². The molecule has 0 spiro atoms. The van der Waals surface area contributed by atoms with Crippen molar-refractivity contribution in [2.45, 2.75) is 277 Å². The maximum absolute atomic E-state index is 13.1. The van der Waals surface area contributed by atoms with Crippen LogP contribution in [0.15, 0.2) is 219 Å². The molecule has 0 aromatic heterocycles. The van der Waals surface area contributed by atoms with Crippen LogP contribution >= 0.6 is 15.6 Å². The van der Waals surface area contributed by atoms with Crippen LogP contribution in [0, 0.1) is 0 Å². The maximum Gasteiger partial charge on any atom is 0.472 e. The second-order valence-electron chi connectivity index (χ2n) is 25.5. The molecule has 0 saturated heterocycles. The number of phosphoric ester groups is 2. The Morgan fingerprint density at radius 1 is 0.259 bits per heavy atom. The van der Waals surface area contributed by atoms with E-state index in [2.05, 4.69) is 228 Å². The van der Waals surface area contributed by atoms with E-state index in [1.165, 1.54) is 0 Å². The zero-order valence-corrected chi connectivity index (χ0v) is 68.0. The summed E-state index contributed by atoms with van der Waals surface area (Å²) in [6.45, 7) is 4.18. The van der Waals surface area contributed by atoms with Gasteiger partial charge in [-0.15, -0.1) is 0 Å². The summed E-state index contributed by atoms with van der Waals surface area (Å²) in [6, 6.07) is 0. The molecule has 5 atom stereocenters. The number of carbonyl (C=O) groups excluding carboxylic acids is 4. The number of carbonyl (C=O) groups is 4. The molecule has 0 aromatic carbocycles. The molecule has 3 N–H and O–H groups in total. The van der Waals surface area contributed by atoms with E-state index >= 15 is 0 Å². The Hall–Kier alpha value is -6.62. The van der Waals surface area contributed by atoms with E-state index in [1.54, 1.807) is 0 Å². The van der Waals surface area contributed by atoms with Crippen molar-refractivity contribution in [1.82, 2.24) is 0 Å². The number of rotatable bonds is 72. The molecule has 0 saturated carbocycles. The summed E-state index contributed by atoms with van der Waals surface area (Å²) in [5.41, 5.74) is 0. The number of phosphoric acid groups is 2. The highest BCUT2D eigenvalue weighted by atomic mass is 31.2. The molecular formula is C89H138O17P2. The largest absolute Gasteiger partial charge is 0.472 e. The number of unbranched alkanes of at least 4 members (excludes halogenated alkanes) is 10. The SMILES string of the molecule is CC/C=C\C/C=C\C/C=C\C/C=C\C/C=C\C/C=C\CCC(=O)OCC(COP(=O)(O)OCC(O)COP(=O)(O)OCC(COC(=O)CCCC/C=C\C/C=C\C/C=C\C/C=C\CC)OC(=O)CCCCCCC/C=C\C/C=C\C/C=C\CC)OC(=O)CCCCC/C=C\C/C=C\C/C=C\C/C=C\C/C=C\CC. The van der Waals surface area contributed by atoms with Gasteiger partial charge in [0, 0.05) is 25.7 Å². The van der Waals surface area contributed by atoms with Crippen molar-refractivity contribution in [3.63, 3.8) is 0 Å². The Morgan fingerprint density at radius 3 is 0.778 bits per heavy atom. The van der Waals surface area contributed by atoms with E-state index in [1.807, 2.05) is 18.2 Å². The van der Waals surface area contributed by atoms with E-state index in [0.717, 1.165) is 173 Å². The first-order chi connectivity index (χ1) is 52.7. The molecule has 5 unspecified atom stereocenters. The van der Waals surface area contributed by atoms with Gasteiger partial charge in [0.15, 0.2) is 12.2 Å². The highest BCUT2D eigenvalue weighted by Gasteiger charge is 2.30. The monoisotopic (exact) mass is 1540 g/mol. The molecule has 0 aliphatic heterocycles. The van der Waals surface area contributed by atoms with Crippen molar-refractivity contribution in [1.29, 1.82) is 0 Å². The number of hydrogen-bond acceptors (Lipinski definition) is 15. The number of hydrogen-bond donors (Lipinski definition) is 3. The summed E-state index contributed by atoms with van der Waals surface area (Å²) in [5.74, 6) is -2.41. The first-order valence-electron chi connectivity index (χ1n) is 40.0. The van der Waals surface area contributed by atoms with Crippen LogP contribution in [0.4, 0.5) is 0 Å². The number of allylic oxidation sites excluding steroid dienone is 36. The first kappa shape index (κ1) is 101. The number of aliphatic hydroxyl groups excluding tert-OH is 1. The second-order valence-corrected chi connectivity index (χ2v) is 28.4. The summed E-state index contributed by atoms with van der Waals surface area (Å²) in [4.78, 5) is 73.0. The Labute approximate surface area is 651 Å². The molecule has 0 fully saturated rings. The standard InChI is InChI=1S/C89H138O17P2/c1-5-9-13-17-21-25-29-33-37-39-41-43-47-50-54-58-62-66-70-74-87(92)100-80-85(106-89(94)76-72-68-64-60-56-52-48-44-42-40-38-34-30-26-22-18-14-10-6-2)82-104-108(97,98)102-78-83(90)77-101-107(95,96)103-81-84(105-88(93)75-71-67-63-59-55-51-46-36-32-28-24-20-16-12-8-4)79-99-86(91)73-69-65-61-57-53-49-45-35-31-27-23-19-15-11-7-3/h9-16,21-28,33-38,41-46,50,52-54,56-57,62,66,83-85,90H,5-8,17-20,29-32,39-40,47-49,51,55,58-61,63-65,67-82H2,1-4H3,(H,95,96)(H,97,98)/b13-9-,14-10-,15-11-,16-12-,25-21-,26-22-,27-23-,28-24-,37-33-,38-34-,43-41-,44-42-,45-35-,46-36-,54-50-,56-52-,57-53-,66-62-. The minimum Gasteiger partial charge on any atom is -0.462 e. The third kappa shape index (κ3) is 77.5. The molecule has 0 aromatic rings. The van der Waals surface area contributed by atoms with Crippen LogP contribution in [-0.2, 0) is 65.4 Å². The Balaban J connectivity index is 5.56. The fraction of sp³-hybridized carbons (Fsp3) is 0.551. The third-order valence-corrected chi connectivity index (χ3v) is 17.3. The number of esters is 4. The van der Waals surface area contributed by atoms with Crippen LogP contribution in [0.5, 0.6) is 0 Å². The molecule has 0 aliphatic rings. The quantitative estimate of drug-likeness (QED) is 0.0169. The lowest BCUT2D eigenvalue weighted by Gasteiger charge is -2.21. The van der Waals surface area contributed by atoms with Gasteiger partial charge in [-0.1, -0.05) is 272 Å². The van der Waals surface area contributed by atoms with Gasteiger partial charge in [-0.3, -0.25) is 37.3 Å². The summed E-state index contributed by atoms with van der Waals surface area (Å²) >= 11 is 0. The highest BCUT2D eigenvalue weighted by Crippen LogP contribution is 2.45. The lowest BCUT2D eigenvalue weighted by molar-refractivity contribution is -0.161. The Kier molecular flexibility index (Phi) is 73.7. The summed E-state index contributed by atoms with van der Waals surface area (Å²) in [6.07, 6.45) is 99.4. The zero-order chi connectivity index (χ0) is 78.9. The molecule has 0 bridgehead atoms. The fourth-order valence-electron chi connectivity index (χ4n) is 9.51. The number of aliphatic hydroxyl groups is 1. The van der Waals surface area contributed by atoms with Crippen LogP contribution in [0.25, 0.3) is 0 Å². The van der Waals surface area contributed by atoms with Crippen LogP contribution < -0.4 is 0 Å². The molecule has 0 radical (unpaired) electrons. The van der Waals surface area contributed by atoms with Crippen molar-refractivity contribution in [2.24, 2.45) is 0 Å². The van der Waals surface area contributed by atoms with E-state index in [4.69, 9.17) is 37.0 Å². The molecule has 0 amide bonds. The molecule has 19 heteroatoms. The second kappa shape index (κ2) is 78.5. The Bertz CT molecular complexity index is 2910.